The summed E-state index contributed by atoms with van der Waals surface area (Å²) < 4.78 is 13.6. The normalized spacial score (nSPS) is 10.8. The minimum Gasteiger partial charge on any atom is -0.493 e. The van der Waals surface area contributed by atoms with Crippen LogP contribution in [0.3, 0.4) is 0 Å². The number of benzene rings is 2. The molecule has 0 bridgehead atoms. The van der Waals surface area contributed by atoms with Crippen molar-refractivity contribution in [2.75, 3.05) is 19.5 Å². The second-order valence-corrected chi connectivity index (χ2v) is 8.44. The van der Waals surface area contributed by atoms with Gasteiger partial charge in [-0.3, -0.25) is 14.8 Å². The molecule has 0 spiro atoms. The second kappa shape index (κ2) is 9.98. The molecule has 5 aromatic rings. The van der Waals surface area contributed by atoms with Crippen LogP contribution in [0.1, 0.15) is 18.9 Å². The van der Waals surface area contributed by atoms with Gasteiger partial charge in [0.25, 0.3) is 5.91 Å². The number of carbonyl (C=O) groups excluding carboxylic acids is 1. The number of anilines is 2. The van der Waals surface area contributed by atoms with Crippen LogP contribution in [0, 0.1) is 6.92 Å². The van der Waals surface area contributed by atoms with Gasteiger partial charge in [-0.1, -0.05) is 12.1 Å². The van der Waals surface area contributed by atoms with E-state index in [0.717, 1.165) is 33.4 Å². The fourth-order valence-electron chi connectivity index (χ4n) is 4.07. The Kier molecular flexibility index (Phi) is 6.42. The summed E-state index contributed by atoms with van der Waals surface area (Å²) in [4.78, 5) is 25.1. The van der Waals surface area contributed by atoms with Crippen molar-refractivity contribution in [2.24, 2.45) is 7.05 Å². The molecule has 2 N–H and O–H groups in total. The Morgan fingerprint density at radius 3 is 2.68 bits per heavy atom. The Balaban J connectivity index is 0.00000210. The van der Waals surface area contributed by atoms with E-state index in [2.05, 4.69) is 39.7 Å². The van der Waals surface area contributed by atoms with E-state index >= 15 is 0 Å². The largest absolute Gasteiger partial charge is 0.493 e. The van der Waals surface area contributed by atoms with Gasteiger partial charge in [-0.15, -0.1) is 0 Å². The molecule has 3 aromatic heterocycles. The van der Waals surface area contributed by atoms with Crippen LogP contribution in [0.4, 0.5) is 11.6 Å². The Morgan fingerprint density at radius 2 is 1.92 bits per heavy atom. The summed E-state index contributed by atoms with van der Waals surface area (Å²) in [6, 6.07) is 17.1. The number of pyridine rings is 2. The summed E-state index contributed by atoms with van der Waals surface area (Å²) in [6.45, 7) is 2.08. The molecule has 0 aliphatic heterocycles. The number of nitrogens with one attached hydrogen (secondary N) is 2. The maximum atomic E-state index is 11.9. The molecule has 0 radical (unpaired) electrons. The first kappa shape index (κ1) is 23.8. The zero-order valence-corrected chi connectivity index (χ0v) is 20.9. The average Bonchev–Trinajstić information content (AvgIpc) is 3.23. The van der Waals surface area contributed by atoms with Crippen LogP contribution in [0.15, 0.2) is 73.2 Å². The number of hydrogen-bond acceptors (Lipinski definition) is 7. The van der Waals surface area contributed by atoms with Crippen molar-refractivity contribution in [1.82, 2.24) is 24.8 Å². The van der Waals surface area contributed by atoms with Crippen molar-refractivity contribution < 1.29 is 17.1 Å². The molecule has 0 saturated carbocycles. The molecule has 9 heteroatoms. The number of rotatable bonds is 7. The summed E-state index contributed by atoms with van der Waals surface area (Å²) >= 11 is 0. The highest BCUT2D eigenvalue weighted by Gasteiger charge is 2.16. The van der Waals surface area contributed by atoms with Gasteiger partial charge in [0.15, 0.2) is 11.5 Å². The molecule has 0 aliphatic carbocycles. The van der Waals surface area contributed by atoms with Crippen molar-refractivity contribution in [3.05, 3.63) is 84.4 Å². The third-order valence-corrected chi connectivity index (χ3v) is 6.05. The van der Waals surface area contributed by atoms with E-state index < -0.39 is 0 Å². The van der Waals surface area contributed by atoms with Crippen molar-refractivity contribution in [2.45, 2.75) is 6.92 Å². The average molecular weight is 499 g/mol. The van der Waals surface area contributed by atoms with Gasteiger partial charge in [-0.05, 0) is 42.3 Å². The molecule has 0 unspecified atom stereocenters. The van der Waals surface area contributed by atoms with E-state index in [-0.39, 0.29) is 14.5 Å². The van der Waals surface area contributed by atoms with Crippen LogP contribution in [0.25, 0.3) is 22.2 Å². The monoisotopic (exact) mass is 498 g/mol. The lowest BCUT2D eigenvalue weighted by atomic mass is 10.0. The standard InChI is InChI=1S/C28H26N6O3.2H2/c1-17-7-8-19(12-21(17)18-6-5-10-30-16-18)32-28-33-22-14-26(25(36-4)15-24(22)34(28)3)37-20-9-11-31-23(13-20)27(35)29-2;;/h5-16H,1-4H3,(H,29,35)(H,32,33);2*1H. The predicted octanol–water partition coefficient (Wildman–Crippen LogP) is 5.73. The van der Waals surface area contributed by atoms with Gasteiger partial charge in [0, 0.05) is 65.0 Å². The van der Waals surface area contributed by atoms with Gasteiger partial charge < -0.3 is 24.7 Å². The quantitative estimate of drug-likeness (QED) is 0.295. The van der Waals surface area contributed by atoms with Crippen molar-refractivity contribution in [3.8, 4) is 28.4 Å². The first-order valence-electron chi connectivity index (χ1n) is 11.7. The topological polar surface area (TPSA) is 103 Å². The Labute approximate surface area is 217 Å². The smallest absolute Gasteiger partial charge is 0.269 e. The highest BCUT2D eigenvalue weighted by Crippen LogP contribution is 2.37. The predicted molar refractivity (Wildman–Crippen MR) is 147 cm³/mol. The van der Waals surface area contributed by atoms with Gasteiger partial charge in [-0.2, -0.15) is 0 Å². The molecule has 2 aromatic carbocycles. The van der Waals surface area contributed by atoms with Crippen molar-refractivity contribution in [1.29, 1.82) is 0 Å². The van der Waals surface area contributed by atoms with Crippen LogP contribution in [-0.4, -0.2) is 39.6 Å². The van der Waals surface area contributed by atoms with E-state index in [1.165, 1.54) is 6.20 Å². The van der Waals surface area contributed by atoms with Gasteiger partial charge in [0.1, 0.15) is 11.4 Å². The Morgan fingerprint density at radius 1 is 1.05 bits per heavy atom. The molecular weight excluding hydrogens is 468 g/mol. The molecule has 0 fully saturated rings. The van der Waals surface area contributed by atoms with Crippen LogP contribution >= 0.6 is 0 Å². The summed E-state index contributed by atoms with van der Waals surface area (Å²) in [6.07, 6.45) is 5.15. The highest BCUT2D eigenvalue weighted by molar-refractivity contribution is 5.92. The molecule has 0 aliphatic rings. The Bertz CT molecular complexity index is 1610. The van der Waals surface area contributed by atoms with E-state index in [1.54, 1.807) is 32.5 Å². The molecule has 1 amide bonds. The third-order valence-electron chi connectivity index (χ3n) is 6.05. The number of imidazole rings is 1. The summed E-state index contributed by atoms with van der Waals surface area (Å²) in [5.41, 5.74) is 6.07. The maximum absolute atomic E-state index is 11.9. The fraction of sp³-hybridized carbons (Fsp3) is 0.143. The van der Waals surface area contributed by atoms with Gasteiger partial charge in [-0.25, -0.2) is 4.98 Å². The summed E-state index contributed by atoms with van der Waals surface area (Å²) in [5.74, 6) is 1.85. The first-order valence-corrected chi connectivity index (χ1v) is 11.7. The van der Waals surface area contributed by atoms with Crippen LogP contribution < -0.4 is 20.1 Å². The Hall–Kier alpha value is -4.92. The molecule has 0 atom stereocenters. The zero-order chi connectivity index (χ0) is 25.9. The number of carbonyl (C=O) groups is 1. The highest BCUT2D eigenvalue weighted by atomic mass is 16.5. The number of nitrogens with zero attached hydrogens (tertiary/aromatic N) is 4. The van der Waals surface area contributed by atoms with Crippen LogP contribution in [-0.2, 0) is 7.05 Å². The van der Waals surface area contributed by atoms with Crippen LogP contribution in [0.5, 0.6) is 17.2 Å². The SMILES string of the molecule is CNC(=O)c1cc(Oc2cc3nc(Nc4ccc(C)c(-c5cccnc5)c4)n(C)c3cc2OC)ccn1.[HH].[HH]. The lowest BCUT2D eigenvalue weighted by molar-refractivity contribution is 0.0958. The molecule has 5 rings (SSSR count). The van der Waals surface area contributed by atoms with Crippen molar-refractivity contribution in [3.63, 3.8) is 0 Å². The number of aromatic nitrogens is 4. The lowest BCUT2D eigenvalue weighted by Crippen LogP contribution is -2.18. The maximum Gasteiger partial charge on any atom is 0.269 e. The number of methoxy groups -OCH3 is 1. The van der Waals surface area contributed by atoms with E-state index in [9.17, 15) is 4.79 Å². The third kappa shape index (κ3) is 4.79. The fourth-order valence-corrected chi connectivity index (χ4v) is 4.07. The first-order chi connectivity index (χ1) is 18.0. The molecule has 9 nitrogen and oxygen atoms in total. The second-order valence-electron chi connectivity index (χ2n) is 8.44. The van der Waals surface area contributed by atoms with Crippen LogP contribution in [0.2, 0.25) is 0 Å². The number of hydrogen-bond donors (Lipinski definition) is 2. The molecule has 0 saturated heterocycles. The summed E-state index contributed by atoms with van der Waals surface area (Å²) in [7, 11) is 5.07. The van der Waals surface area contributed by atoms with E-state index in [4.69, 9.17) is 14.5 Å². The lowest BCUT2D eigenvalue weighted by Gasteiger charge is -2.12. The molecular formula is C28H30N6O3. The van der Waals surface area contributed by atoms with Gasteiger partial charge in [0.05, 0.1) is 18.1 Å². The van der Waals surface area contributed by atoms with Gasteiger partial charge >= 0.3 is 0 Å². The molecule has 190 valence electrons. The van der Waals surface area contributed by atoms with E-state index in [0.29, 0.717) is 23.2 Å². The number of aryl methyl sites for hydroxylation is 2. The number of fused-ring (bicyclic) bond motifs is 1. The number of amides is 1. The minimum atomic E-state index is -0.295. The van der Waals surface area contributed by atoms with Gasteiger partial charge in [0.2, 0.25) is 5.95 Å². The van der Waals surface area contributed by atoms with E-state index in [1.807, 2.05) is 48.1 Å². The molecule has 3 heterocycles. The van der Waals surface area contributed by atoms with Crippen molar-refractivity contribution >= 4 is 28.6 Å². The number of ether oxygens (including phenoxy) is 2. The summed E-state index contributed by atoms with van der Waals surface area (Å²) in [5, 5.41) is 5.99. The zero-order valence-electron chi connectivity index (χ0n) is 20.9. The molecule has 37 heavy (non-hydrogen) atoms. The minimum absolute atomic E-state index is 0.